The molecule has 0 heterocycles. The highest BCUT2D eigenvalue weighted by molar-refractivity contribution is 4.74. The van der Waals surface area contributed by atoms with E-state index in [2.05, 4.69) is 13.8 Å². The normalized spacial score (nSPS) is 36.8. The summed E-state index contributed by atoms with van der Waals surface area (Å²) in [7, 11) is 0. The van der Waals surface area contributed by atoms with Crippen molar-refractivity contribution in [1.82, 2.24) is 0 Å². The average molecular weight is 170 g/mol. The molecule has 1 rings (SSSR count). The van der Waals surface area contributed by atoms with Crippen LogP contribution in [-0.4, -0.2) is 11.7 Å². The molecular formula is C11H22O. The summed E-state index contributed by atoms with van der Waals surface area (Å²) in [6.45, 7) is 5.10. The topological polar surface area (TPSA) is 20.2 Å². The molecule has 2 unspecified atom stereocenters. The number of rotatable bonds is 3. The Bertz CT molecular complexity index is 112. The molecule has 0 bridgehead atoms. The van der Waals surface area contributed by atoms with E-state index in [4.69, 9.17) is 5.11 Å². The minimum absolute atomic E-state index is 0.374. The third-order valence-electron chi connectivity index (χ3n) is 3.05. The van der Waals surface area contributed by atoms with Crippen LogP contribution in [0.4, 0.5) is 0 Å². The summed E-state index contributed by atoms with van der Waals surface area (Å²) in [5, 5.41) is 8.73. The Labute approximate surface area is 76.2 Å². The van der Waals surface area contributed by atoms with Gasteiger partial charge in [-0.15, -0.1) is 0 Å². The molecule has 72 valence electrons. The van der Waals surface area contributed by atoms with E-state index in [1.165, 1.54) is 25.7 Å². The van der Waals surface area contributed by atoms with Crippen molar-refractivity contribution in [3.05, 3.63) is 0 Å². The van der Waals surface area contributed by atoms with Gasteiger partial charge in [0.05, 0.1) is 0 Å². The second-order valence-corrected chi connectivity index (χ2v) is 4.65. The first-order chi connectivity index (χ1) is 5.72. The third kappa shape index (κ3) is 3.14. The van der Waals surface area contributed by atoms with Gasteiger partial charge >= 0.3 is 0 Å². The fourth-order valence-electron chi connectivity index (χ4n) is 2.73. The molecule has 1 N–H and O–H groups in total. The minimum Gasteiger partial charge on any atom is -0.396 e. The maximum Gasteiger partial charge on any atom is 0.0431 e. The lowest BCUT2D eigenvalue weighted by Crippen LogP contribution is -2.19. The lowest BCUT2D eigenvalue weighted by Gasteiger charge is -2.31. The summed E-state index contributed by atoms with van der Waals surface area (Å²) in [5.41, 5.74) is 0. The molecule has 1 nitrogen and oxygen atoms in total. The van der Waals surface area contributed by atoms with Crippen molar-refractivity contribution in [1.29, 1.82) is 0 Å². The molecule has 1 aliphatic carbocycles. The van der Waals surface area contributed by atoms with Gasteiger partial charge in [-0.1, -0.05) is 13.8 Å². The van der Waals surface area contributed by atoms with Gasteiger partial charge in [-0.3, -0.25) is 0 Å². The molecule has 0 aromatic heterocycles. The van der Waals surface area contributed by atoms with Crippen molar-refractivity contribution in [3.63, 3.8) is 0 Å². The Kier molecular flexibility index (Phi) is 4.07. The van der Waals surface area contributed by atoms with Crippen LogP contribution in [0, 0.1) is 17.8 Å². The lowest BCUT2D eigenvalue weighted by atomic mass is 9.75. The van der Waals surface area contributed by atoms with E-state index in [9.17, 15) is 0 Å². The molecule has 0 spiro atoms. The third-order valence-corrected chi connectivity index (χ3v) is 3.05. The lowest BCUT2D eigenvalue weighted by molar-refractivity contribution is 0.191. The number of aliphatic hydroxyl groups excluding tert-OH is 1. The van der Waals surface area contributed by atoms with E-state index in [0.717, 1.165) is 24.2 Å². The summed E-state index contributed by atoms with van der Waals surface area (Å²) in [5.74, 6) is 2.73. The fourth-order valence-corrected chi connectivity index (χ4v) is 2.73. The number of hydrogen-bond donors (Lipinski definition) is 1. The molecule has 0 amide bonds. The van der Waals surface area contributed by atoms with Gasteiger partial charge in [0, 0.05) is 6.61 Å². The first-order valence-electron chi connectivity index (χ1n) is 5.33. The molecular weight excluding hydrogens is 148 g/mol. The Balaban J connectivity index is 2.24. The predicted octanol–water partition coefficient (Wildman–Crippen LogP) is 2.83. The Morgan fingerprint density at radius 1 is 1.08 bits per heavy atom. The van der Waals surface area contributed by atoms with Crippen molar-refractivity contribution >= 4 is 0 Å². The van der Waals surface area contributed by atoms with Crippen molar-refractivity contribution in [3.8, 4) is 0 Å². The van der Waals surface area contributed by atoms with E-state index >= 15 is 0 Å². The van der Waals surface area contributed by atoms with Crippen LogP contribution in [0.5, 0.6) is 0 Å². The van der Waals surface area contributed by atoms with Gasteiger partial charge in [0.1, 0.15) is 0 Å². The maximum atomic E-state index is 8.73. The molecule has 0 aromatic rings. The van der Waals surface area contributed by atoms with Crippen LogP contribution in [-0.2, 0) is 0 Å². The average Bonchev–Trinajstić information content (AvgIpc) is 1.99. The minimum atomic E-state index is 0.374. The number of hydrogen-bond acceptors (Lipinski definition) is 1. The van der Waals surface area contributed by atoms with E-state index < -0.39 is 0 Å². The Hall–Kier alpha value is -0.0400. The molecule has 12 heavy (non-hydrogen) atoms. The quantitative estimate of drug-likeness (QED) is 0.690. The molecule has 2 atom stereocenters. The van der Waals surface area contributed by atoms with E-state index in [1.807, 2.05) is 0 Å². The molecule has 1 aliphatic rings. The number of aliphatic hydroxyl groups is 1. The van der Waals surface area contributed by atoms with Gasteiger partial charge in [-0.25, -0.2) is 0 Å². The summed E-state index contributed by atoms with van der Waals surface area (Å²) in [4.78, 5) is 0. The van der Waals surface area contributed by atoms with Gasteiger partial charge in [0.15, 0.2) is 0 Å². The molecule has 1 heteroatoms. The second kappa shape index (κ2) is 4.86. The monoisotopic (exact) mass is 170 g/mol. The van der Waals surface area contributed by atoms with Crippen LogP contribution in [0.3, 0.4) is 0 Å². The molecule has 0 aliphatic heterocycles. The maximum absolute atomic E-state index is 8.73. The Morgan fingerprint density at radius 3 is 2.17 bits per heavy atom. The van der Waals surface area contributed by atoms with Crippen LogP contribution < -0.4 is 0 Å². The van der Waals surface area contributed by atoms with Gasteiger partial charge in [0.25, 0.3) is 0 Å². The Morgan fingerprint density at radius 2 is 1.67 bits per heavy atom. The van der Waals surface area contributed by atoms with Gasteiger partial charge in [-0.05, 0) is 49.9 Å². The highest BCUT2D eigenvalue weighted by Crippen LogP contribution is 2.34. The van der Waals surface area contributed by atoms with Gasteiger partial charge in [0.2, 0.25) is 0 Å². The summed E-state index contributed by atoms with van der Waals surface area (Å²) >= 11 is 0. The van der Waals surface area contributed by atoms with E-state index in [1.54, 1.807) is 0 Å². The first-order valence-corrected chi connectivity index (χ1v) is 5.33. The van der Waals surface area contributed by atoms with Crippen LogP contribution in [0.15, 0.2) is 0 Å². The van der Waals surface area contributed by atoms with Crippen LogP contribution in [0.25, 0.3) is 0 Å². The summed E-state index contributed by atoms with van der Waals surface area (Å²) < 4.78 is 0. The van der Waals surface area contributed by atoms with Crippen molar-refractivity contribution in [2.75, 3.05) is 6.61 Å². The van der Waals surface area contributed by atoms with Crippen molar-refractivity contribution in [2.24, 2.45) is 17.8 Å². The van der Waals surface area contributed by atoms with Crippen LogP contribution >= 0.6 is 0 Å². The fraction of sp³-hybridized carbons (Fsp3) is 1.00. The van der Waals surface area contributed by atoms with E-state index in [-0.39, 0.29) is 0 Å². The summed E-state index contributed by atoms with van der Waals surface area (Å²) in [6, 6.07) is 0. The predicted molar refractivity (Wildman–Crippen MR) is 52.0 cm³/mol. The van der Waals surface area contributed by atoms with E-state index in [0.29, 0.717) is 6.61 Å². The zero-order chi connectivity index (χ0) is 8.97. The zero-order valence-electron chi connectivity index (χ0n) is 8.42. The molecule has 1 fully saturated rings. The summed E-state index contributed by atoms with van der Waals surface area (Å²) in [6.07, 6.45) is 6.44. The SMILES string of the molecule is CC1CC(C)CC(CCCO)C1. The standard InChI is InChI=1S/C11H22O/c1-9-6-10(2)8-11(7-9)4-3-5-12/h9-12H,3-8H2,1-2H3. The molecule has 0 radical (unpaired) electrons. The second-order valence-electron chi connectivity index (χ2n) is 4.65. The zero-order valence-corrected chi connectivity index (χ0v) is 8.42. The molecule has 0 aromatic carbocycles. The van der Waals surface area contributed by atoms with Gasteiger partial charge < -0.3 is 5.11 Å². The largest absolute Gasteiger partial charge is 0.396 e. The van der Waals surface area contributed by atoms with Crippen LogP contribution in [0.1, 0.15) is 46.0 Å². The highest BCUT2D eigenvalue weighted by atomic mass is 16.2. The highest BCUT2D eigenvalue weighted by Gasteiger charge is 2.22. The van der Waals surface area contributed by atoms with Crippen LogP contribution in [0.2, 0.25) is 0 Å². The first kappa shape index (κ1) is 10.0. The smallest absolute Gasteiger partial charge is 0.0431 e. The van der Waals surface area contributed by atoms with Gasteiger partial charge in [-0.2, -0.15) is 0 Å². The van der Waals surface area contributed by atoms with Crippen molar-refractivity contribution in [2.45, 2.75) is 46.0 Å². The van der Waals surface area contributed by atoms with Crippen molar-refractivity contribution < 1.29 is 5.11 Å². The molecule has 1 saturated carbocycles. The molecule has 0 saturated heterocycles.